The van der Waals surface area contributed by atoms with Gasteiger partial charge in [-0.1, -0.05) is 23.7 Å². The number of carbonyl (C=O) groups is 1. The molecule has 1 aliphatic rings. The zero-order chi connectivity index (χ0) is 20.3. The highest BCUT2D eigenvalue weighted by Gasteiger charge is 2.32. The summed E-state index contributed by atoms with van der Waals surface area (Å²) in [5.74, 6) is -0.530. The molecular weight excluding hydrogens is 402 g/mol. The van der Waals surface area contributed by atoms with Crippen molar-refractivity contribution in [2.45, 2.75) is 37.6 Å². The predicted molar refractivity (Wildman–Crippen MR) is 106 cm³/mol. The van der Waals surface area contributed by atoms with Crippen LogP contribution in [0.1, 0.15) is 29.8 Å². The molecule has 0 radical (unpaired) electrons. The first-order valence-corrected chi connectivity index (χ1v) is 10.7. The topological polar surface area (TPSA) is 72.9 Å². The van der Waals surface area contributed by atoms with E-state index in [9.17, 15) is 13.2 Å². The van der Waals surface area contributed by atoms with Crippen LogP contribution < -0.4 is 0 Å². The number of halogens is 1. The Balaban J connectivity index is 1.67. The molecule has 1 saturated heterocycles. The number of carbonyl (C=O) groups excluding carboxylic acids is 1. The molecule has 0 amide bonds. The van der Waals surface area contributed by atoms with Crippen molar-refractivity contribution < 1.29 is 22.7 Å². The molecule has 2 aromatic rings. The van der Waals surface area contributed by atoms with Gasteiger partial charge in [0.25, 0.3) is 0 Å². The Hall–Kier alpha value is -1.93. The van der Waals surface area contributed by atoms with E-state index in [0.29, 0.717) is 18.1 Å². The molecule has 2 unspecified atom stereocenters. The molecule has 150 valence electrons. The Morgan fingerprint density at radius 1 is 1.14 bits per heavy atom. The minimum Gasteiger partial charge on any atom is -0.457 e. The van der Waals surface area contributed by atoms with Crippen molar-refractivity contribution in [1.29, 1.82) is 0 Å². The van der Waals surface area contributed by atoms with Gasteiger partial charge >= 0.3 is 5.97 Å². The number of hydrogen-bond donors (Lipinski definition) is 0. The van der Waals surface area contributed by atoms with E-state index >= 15 is 0 Å². The second kappa shape index (κ2) is 8.61. The molecule has 0 N–H and O–H groups in total. The molecule has 2 aromatic carbocycles. The normalized spacial score (nSPS) is 20.7. The van der Waals surface area contributed by atoms with Gasteiger partial charge in [0, 0.05) is 18.1 Å². The van der Waals surface area contributed by atoms with Crippen LogP contribution >= 0.6 is 11.6 Å². The highest BCUT2D eigenvalue weighted by atomic mass is 35.5. The maximum absolute atomic E-state index is 12.8. The lowest BCUT2D eigenvalue weighted by atomic mass is 10.2. The summed E-state index contributed by atoms with van der Waals surface area (Å²) in [6.45, 7) is 4.38. The third kappa shape index (κ3) is 4.91. The second-order valence-electron chi connectivity index (χ2n) is 6.81. The first-order valence-electron chi connectivity index (χ1n) is 8.93. The number of hydrogen-bond acceptors (Lipinski definition) is 5. The highest BCUT2D eigenvalue weighted by molar-refractivity contribution is 7.89. The van der Waals surface area contributed by atoms with E-state index in [1.807, 2.05) is 13.8 Å². The lowest BCUT2D eigenvalue weighted by Crippen LogP contribution is -2.48. The Morgan fingerprint density at radius 2 is 1.79 bits per heavy atom. The van der Waals surface area contributed by atoms with Crippen molar-refractivity contribution >= 4 is 27.6 Å². The third-order valence-electron chi connectivity index (χ3n) is 4.37. The predicted octanol–water partition coefficient (Wildman–Crippen LogP) is 3.49. The van der Waals surface area contributed by atoms with E-state index in [2.05, 4.69) is 0 Å². The van der Waals surface area contributed by atoms with E-state index in [4.69, 9.17) is 21.1 Å². The van der Waals surface area contributed by atoms with Gasteiger partial charge < -0.3 is 9.47 Å². The Kier molecular flexibility index (Phi) is 6.40. The molecular formula is C20H22ClNO5S. The number of morpholine rings is 1. The summed E-state index contributed by atoms with van der Waals surface area (Å²) in [5, 5.41) is 0.565. The van der Waals surface area contributed by atoms with E-state index in [1.165, 1.54) is 28.6 Å². The number of sulfonamides is 1. The Morgan fingerprint density at radius 3 is 2.39 bits per heavy atom. The van der Waals surface area contributed by atoms with Crippen LogP contribution in [0.25, 0.3) is 0 Å². The fraction of sp³-hybridized carbons (Fsp3) is 0.350. The molecule has 2 atom stereocenters. The van der Waals surface area contributed by atoms with Gasteiger partial charge in [0.05, 0.1) is 22.7 Å². The van der Waals surface area contributed by atoms with E-state index in [0.717, 1.165) is 5.56 Å². The van der Waals surface area contributed by atoms with Crippen LogP contribution in [0.2, 0.25) is 5.02 Å². The first kappa shape index (κ1) is 20.8. The van der Waals surface area contributed by atoms with Gasteiger partial charge in [0.1, 0.15) is 6.61 Å². The SMILES string of the molecule is CC1CN(S(=O)(=O)c2ccc(C(=O)OCc3cccc(Cl)c3)cc2)CC(C)O1. The van der Waals surface area contributed by atoms with Gasteiger partial charge in [-0.15, -0.1) is 0 Å². The molecule has 0 aromatic heterocycles. The number of esters is 1. The van der Waals surface area contributed by atoms with Gasteiger partial charge in [-0.2, -0.15) is 4.31 Å². The third-order valence-corrected chi connectivity index (χ3v) is 6.45. The van der Waals surface area contributed by atoms with Crippen LogP contribution in [-0.4, -0.2) is 44.0 Å². The zero-order valence-corrected chi connectivity index (χ0v) is 17.2. The molecule has 6 nitrogen and oxygen atoms in total. The number of nitrogens with zero attached hydrogens (tertiary/aromatic N) is 1. The van der Waals surface area contributed by atoms with Crippen molar-refractivity contribution in [3.63, 3.8) is 0 Å². The summed E-state index contributed by atoms with van der Waals surface area (Å²) in [6, 6.07) is 12.8. The van der Waals surface area contributed by atoms with Crippen molar-refractivity contribution in [3.8, 4) is 0 Å². The van der Waals surface area contributed by atoms with Crippen LogP contribution in [0, 0.1) is 0 Å². The van der Waals surface area contributed by atoms with Gasteiger partial charge in [0.2, 0.25) is 10.0 Å². The van der Waals surface area contributed by atoms with Crippen LogP contribution in [0.3, 0.4) is 0 Å². The standard InChI is InChI=1S/C20H22ClNO5S/c1-14-11-22(12-15(2)27-14)28(24,25)19-8-6-17(7-9-19)20(23)26-13-16-4-3-5-18(21)10-16/h3-10,14-15H,11-13H2,1-2H3. The van der Waals surface area contributed by atoms with Crippen molar-refractivity contribution in [1.82, 2.24) is 4.31 Å². The average molecular weight is 424 g/mol. The second-order valence-corrected chi connectivity index (χ2v) is 9.18. The average Bonchev–Trinajstić information content (AvgIpc) is 2.65. The number of benzene rings is 2. The van der Waals surface area contributed by atoms with Crippen LogP contribution in [-0.2, 0) is 26.1 Å². The molecule has 0 bridgehead atoms. The van der Waals surface area contributed by atoms with Gasteiger partial charge in [-0.25, -0.2) is 13.2 Å². The summed E-state index contributed by atoms with van der Waals surface area (Å²) in [4.78, 5) is 12.4. The van der Waals surface area contributed by atoms with Crippen molar-refractivity contribution in [2.75, 3.05) is 13.1 Å². The molecule has 1 fully saturated rings. The van der Waals surface area contributed by atoms with E-state index < -0.39 is 16.0 Å². The van der Waals surface area contributed by atoms with Gasteiger partial charge in [-0.3, -0.25) is 0 Å². The van der Waals surface area contributed by atoms with E-state index in [1.54, 1.807) is 24.3 Å². The fourth-order valence-corrected chi connectivity index (χ4v) is 4.90. The molecule has 3 rings (SSSR count). The lowest BCUT2D eigenvalue weighted by molar-refractivity contribution is -0.0440. The largest absolute Gasteiger partial charge is 0.457 e. The molecule has 0 spiro atoms. The van der Waals surface area contributed by atoms with Gasteiger partial charge in [0.15, 0.2) is 0 Å². The Labute approximate surface area is 170 Å². The molecule has 0 saturated carbocycles. The maximum Gasteiger partial charge on any atom is 0.338 e. The summed E-state index contributed by atoms with van der Waals surface area (Å²) in [7, 11) is -3.64. The summed E-state index contributed by atoms with van der Waals surface area (Å²) < 4.78 is 38.0. The lowest BCUT2D eigenvalue weighted by Gasteiger charge is -2.34. The van der Waals surface area contributed by atoms with Crippen molar-refractivity contribution in [3.05, 3.63) is 64.7 Å². The molecule has 8 heteroatoms. The first-order chi connectivity index (χ1) is 13.3. The fourth-order valence-electron chi connectivity index (χ4n) is 3.10. The summed E-state index contributed by atoms with van der Waals surface area (Å²) in [5.41, 5.74) is 1.06. The zero-order valence-electron chi connectivity index (χ0n) is 15.7. The molecule has 1 aliphatic heterocycles. The minimum atomic E-state index is -3.64. The Bertz CT molecular complexity index is 935. The molecule has 1 heterocycles. The summed E-state index contributed by atoms with van der Waals surface area (Å²) >= 11 is 5.91. The van der Waals surface area contributed by atoms with Gasteiger partial charge in [-0.05, 0) is 55.8 Å². The van der Waals surface area contributed by atoms with Crippen LogP contribution in [0.5, 0.6) is 0 Å². The maximum atomic E-state index is 12.8. The monoisotopic (exact) mass is 423 g/mol. The number of ether oxygens (including phenoxy) is 2. The number of rotatable bonds is 5. The minimum absolute atomic E-state index is 0.0863. The smallest absolute Gasteiger partial charge is 0.338 e. The van der Waals surface area contributed by atoms with Crippen molar-refractivity contribution in [2.24, 2.45) is 0 Å². The van der Waals surface area contributed by atoms with Crippen LogP contribution in [0.15, 0.2) is 53.4 Å². The quantitative estimate of drug-likeness (QED) is 0.688. The molecule has 0 aliphatic carbocycles. The van der Waals surface area contributed by atoms with Crippen LogP contribution in [0.4, 0.5) is 0 Å². The summed E-state index contributed by atoms with van der Waals surface area (Å²) in [6.07, 6.45) is -0.335. The molecule has 28 heavy (non-hydrogen) atoms. The van der Waals surface area contributed by atoms with E-state index in [-0.39, 0.29) is 29.3 Å². The highest BCUT2D eigenvalue weighted by Crippen LogP contribution is 2.22.